The van der Waals surface area contributed by atoms with Gasteiger partial charge in [0, 0.05) is 17.8 Å². The van der Waals surface area contributed by atoms with Gasteiger partial charge in [-0.05, 0) is 25.1 Å². The molecule has 0 radical (unpaired) electrons. The Morgan fingerprint density at radius 3 is 2.66 bits per heavy atom. The van der Waals surface area contributed by atoms with Gasteiger partial charge < -0.3 is 0 Å². The average Bonchev–Trinajstić information content (AvgIpc) is 3.11. The number of hydrogen-bond donors (Lipinski definition) is 1. The van der Waals surface area contributed by atoms with Gasteiger partial charge in [-0.3, -0.25) is 25.1 Å². The van der Waals surface area contributed by atoms with Crippen LogP contribution in [0.15, 0.2) is 65.7 Å². The molecule has 2 aromatic heterocycles. The van der Waals surface area contributed by atoms with Crippen molar-refractivity contribution in [3.05, 3.63) is 92.7 Å². The van der Waals surface area contributed by atoms with E-state index in [0.717, 1.165) is 0 Å². The maximum absolute atomic E-state index is 12.7. The van der Waals surface area contributed by atoms with E-state index in [0.29, 0.717) is 16.7 Å². The number of hydrogen-bond acceptors (Lipinski definition) is 6. The molecule has 0 unspecified atom stereocenters. The van der Waals surface area contributed by atoms with Crippen molar-refractivity contribution in [2.45, 2.75) is 6.92 Å². The number of rotatable bonds is 4. The fraction of sp³-hybridized carbons (Fsp3) is 0.0526. The Balaban J connectivity index is 1.77. The summed E-state index contributed by atoms with van der Waals surface area (Å²) in [6.07, 6.45) is 1.41. The fourth-order valence-electron chi connectivity index (χ4n) is 2.96. The zero-order valence-electron chi connectivity index (χ0n) is 15.1. The molecule has 1 N–H and O–H groups in total. The molecule has 4 rings (SSSR count). The summed E-state index contributed by atoms with van der Waals surface area (Å²) >= 11 is 0. The molecule has 29 heavy (non-hydrogen) atoms. The molecule has 2 aromatic carbocycles. The SMILES string of the molecule is Cc1cc(=O)c(C(=O)Nn2cnc3ccccc32)nn1-c1ccccc1[N+](=O)[O-]. The number of imidazole rings is 1. The molecule has 1 amide bonds. The summed E-state index contributed by atoms with van der Waals surface area (Å²) < 4.78 is 2.59. The summed E-state index contributed by atoms with van der Waals surface area (Å²) in [4.78, 5) is 40.1. The second-order valence-electron chi connectivity index (χ2n) is 6.20. The highest BCUT2D eigenvalue weighted by atomic mass is 16.6. The Hall–Kier alpha value is -4.34. The summed E-state index contributed by atoms with van der Waals surface area (Å²) in [6.45, 7) is 1.58. The van der Waals surface area contributed by atoms with Crippen LogP contribution in [-0.2, 0) is 0 Å². The first kappa shape index (κ1) is 18.0. The van der Waals surface area contributed by atoms with Crippen LogP contribution >= 0.6 is 0 Å². The third-order valence-corrected chi connectivity index (χ3v) is 4.30. The number of benzene rings is 2. The number of nitro benzene ring substituents is 1. The molecule has 144 valence electrons. The Morgan fingerprint density at radius 1 is 1.14 bits per heavy atom. The number of nitrogens with zero attached hydrogens (tertiary/aromatic N) is 5. The van der Waals surface area contributed by atoms with Gasteiger partial charge in [-0.25, -0.2) is 14.3 Å². The van der Waals surface area contributed by atoms with E-state index in [4.69, 9.17) is 0 Å². The van der Waals surface area contributed by atoms with Crippen LogP contribution in [0.25, 0.3) is 16.7 Å². The molecule has 0 aliphatic rings. The first-order valence-corrected chi connectivity index (χ1v) is 8.54. The normalized spacial score (nSPS) is 10.8. The van der Waals surface area contributed by atoms with Crippen molar-refractivity contribution >= 4 is 22.6 Å². The van der Waals surface area contributed by atoms with Crippen molar-refractivity contribution < 1.29 is 9.72 Å². The van der Waals surface area contributed by atoms with E-state index < -0.39 is 22.0 Å². The lowest BCUT2D eigenvalue weighted by atomic mass is 10.2. The van der Waals surface area contributed by atoms with Gasteiger partial charge in [-0.15, -0.1) is 0 Å². The predicted molar refractivity (Wildman–Crippen MR) is 105 cm³/mol. The molecule has 0 saturated carbocycles. The average molecular weight is 390 g/mol. The molecule has 10 nitrogen and oxygen atoms in total. The van der Waals surface area contributed by atoms with Crippen LogP contribution in [0.5, 0.6) is 0 Å². The molecule has 0 spiro atoms. The van der Waals surface area contributed by atoms with Gasteiger partial charge in [-0.2, -0.15) is 5.10 Å². The lowest BCUT2D eigenvalue weighted by Crippen LogP contribution is -2.30. The predicted octanol–water partition coefficient (Wildman–Crippen LogP) is 2.18. The summed E-state index contributed by atoms with van der Waals surface area (Å²) in [5.41, 5.74) is 3.19. The smallest absolute Gasteiger partial charge is 0.287 e. The summed E-state index contributed by atoms with van der Waals surface area (Å²) in [5.74, 6) is -0.759. The van der Waals surface area contributed by atoms with Gasteiger partial charge in [-0.1, -0.05) is 24.3 Å². The molecular weight excluding hydrogens is 376 g/mol. The van der Waals surface area contributed by atoms with Crippen LogP contribution < -0.4 is 10.9 Å². The minimum Gasteiger partial charge on any atom is -0.287 e. The van der Waals surface area contributed by atoms with E-state index in [1.54, 1.807) is 31.2 Å². The molecule has 2 heterocycles. The highest BCUT2D eigenvalue weighted by Crippen LogP contribution is 2.22. The number of fused-ring (bicyclic) bond motifs is 1. The number of carbonyl (C=O) groups excluding carboxylic acids is 1. The number of amides is 1. The van der Waals surface area contributed by atoms with Crippen LogP contribution in [-0.4, -0.2) is 30.3 Å². The van der Waals surface area contributed by atoms with Gasteiger partial charge in [0.05, 0.1) is 16.0 Å². The Morgan fingerprint density at radius 2 is 1.86 bits per heavy atom. The van der Waals surface area contributed by atoms with Crippen LogP contribution in [0.3, 0.4) is 0 Å². The quantitative estimate of drug-likeness (QED) is 0.421. The van der Waals surface area contributed by atoms with Crippen molar-refractivity contribution in [2.24, 2.45) is 0 Å². The topological polar surface area (TPSA) is 125 Å². The highest BCUT2D eigenvalue weighted by molar-refractivity contribution is 5.99. The molecular formula is C19H14N6O4. The Labute approximate surface area is 163 Å². The number of aryl methyl sites for hydroxylation is 1. The Kier molecular flexibility index (Phi) is 4.36. The second kappa shape index (κ2) is 7.00. The van der Waals surface area contributed by atoms with Crippen LogP contribution in [0, 0.1) is 17.0 Å². The highest BCUT2D eigenvalue weighted by Gasteiger charge is 2.20. The van der Waals surface area contributed by atoms with E-state index in [-0.39, 0.29) is 11.4 Å². The number of aromatic nitrogens is 4. The lowest BCUT2D eigenvalue weighted by molar-refractivity contribution is -0.384. The van der Waals surface area contributed by atoms with E-state index in [2.05, 4.69) is 15.5 Å². The second-order valence-corrected chi connectivity index (χ2v) is 6.20. The number of nitro groups is 1. The standard InChI is InChI=1S/C19H14N6O4/c1-12-10-17(26)18(21-24(12)15-8-4-5-9-16(15)25(28)29)19(27)22-23-11-20-13-6-2-3-7-14(13)23/h2-11H,1H3,(H,22,27). The summed E-state index contributed by atoms with van der Waals surface area (Å²) in [6, 6.07) is 14.3. The zero-order valence-corrected chi connectivity index (χ0v) is 15.1. The third-order valence-electron chi connectivity index (χ3n) is 4.30. The largest absolute Gasteiger partial charge is 0.294 e. The number of nitrogens with one attached hydrogen (secondary N) is 1. The minimum atomic E-state index is -0.759. The molecule has 0 fully saturated rings. The van der Waals surface area contributed by atoms with E-state index >= 15 is 0 Å². The molecule has 0 bridgehead atoms. The molecule has 0 aliphatic carbocycles. The van der Waals surface area contributed by atoms with Crippen LogP contribution in [0.4, 0.5) is 5.69 Å². The van der Waals surface area contributed by atoms with Crippen LogP contribution in [0.1, 0.15) is 16.2 Å². The van der Waals surface area contributed by atoms with Gasteiger partial charge in [0.25, 0.3) is 11.6 Å². The van der Waals surface area contributed by atoms with Gasteiger partial charge in [0.2, 0.25) is 5.43 Å². The summed E-state index contributed by atoms with van der Waals surface area (Å²) in [7, 11) is 0. The maximum atomic E-state index is 12.7. The van der Waals surface area contributed by atoms with Crippen molar-refractivity contribution in [2.75, 3.05) is 5.43 Å². The molecule has 0 saturated heterocycles. The van der Waals surface area contributed by atoms with Crippen molar-refractivity contribution in [1.29, 1.82) is 0 Å². The third kappa shape index (κ3) is 3.23. The number of carbonyl (C=O) groups is 1. The maximum Gasteiger partial charge on any atom is 0.294 e. The molecule has 10 heteroatoms. The minimum absolute atomic E-state index is 0.150. The van der Waals surface area contributed by atoms with Gasteiger partial charge in [0.1, 0.15) is 12.0 Å². The first-order chi connectivity index (χ1) is 14.0. The number of para-hydroxylation sites is 4. The van der Waals surface area contributed by atoms with E-state index in [1.807, 2.05) is 6.07 Å². The van der Waals surface area contributed by atoms with Crippen LogP contribution in [0.2, 0.25) is 0 Å². The van der Waals surface area contributed by atoms with Crippen molar-refractivity contribution in [3.8, 4) is 5.69 Å². The summed E-state index contributed by atoms with van der Waals surface area (Å²) in [5, 5.41) is 15.4. The molecule has 4 aromatic rings. The molecule has 0 aliphatic heterocycles. The van der Waals surface area contributed by atoms with Gasteiger partial charge >= 0.3 is 0 Å². The lowest BCUT2D eigenvalue weighted by Gasteiger charge is -2.12. The van der Waals surface area contributed by atoms with E-state index in [9.17, 15) is 19.7 Å². The van der Waals surface area contributed by atoms with Crippen molar-refractivity contribution in [1.82, 2.24) is 19.4 Å². The Bertz CT molecular complexity index is 1320. The first-order valence-electron chi connectivity index (χ1n) is 8.54. The van der Waals surface area contributed by atoms with Gasteiger partial charge in [0.15, 0.2) is 5.69 Å². The zero-order chi connectivity index (χ0) is 20.5. The molecule has 0 atom stereocenters. The van der Waals surface area contributed by atoms with Crippen molar-refractivity contribution in [3.63, 3.8) is 0 Å². The monoisotopic (exact) mass is 390 g/mol. The fourth-order valence-corrected chi connectivity index (χ4v) is 2.96. The van der Waals surface area contributed by atoms with E-state index in [1.165, 1.54) is 40.0 Å².